The molecule has 4 heterocycles. The third-order valence-electron chi connectivity index (χ3n) is 7.35. The van der Waals surface area contributed by atoms with Gasteiger partial charge in [-0.05, 0) is 38.0 Å². The summed E-state index contributed by atoms with van der Waals surface area (Å²) in [6.07, 6.45) is 6.08. The second-order valence-corrected chi connectivity index (χ2v) is 10.2. The van der Waals surface area contributed by atoms with Crippen molar-refractivity contribution >= 4 is 39.6 Å². The van der Waals surface area contributed by atoms with E-state index in [4.69, 9.17) is 27.1 Å². The molecule has 2 N–H and O–H groups in total. The van der Waals surface area contributed by atoms with Gasteiger partial charge >= 0.3 is 11.6 Å². The lowest BCUT2D eigenvalue weighted by molar-refractivity contribution is 0.180. The van der Waals surface area contributed by atoms with Gasteiger partial charge in [-0.15, -0.1) is 0 Å². The molecule has 0 bridgehead atoms. The number of likely N-dealkylation sites (tertiary alicyclic amines) is 1. The topological polar surface area (TPSA) is 121 Å². The molecule has 2 amide bonds. The van der Waals surface area contributed by atoms with Gasteiger partial charge in [0.05, 0.1) is 22.3 Å². The summed E-state index contributed by atoms with van der Waals surface area (Å²) < 4.78 is 24.6. The van der Waals surface area contributed by atoms with E-state index in [2.05, 4.69) is 14.5 Å². The normalized spacial score (nSPS) is 14.2. The number of benzene rings is 2. The summed E-state index contributed by atoms with van der Waals surface area (Å²) >= 11 is 6.61. The zero-order valence-corrected chi connectivity index (χ0v) is 22.5. The number of nitrogens with two attached hydrogens (primary N) is 1. The van der Waals surface area contributed by atoms with Crippen molar-refractivity contribution in [3.63, 3.8) is 0 Å². The van der Waals surface area contributed by atoms with E-state index >= 15 is 4.39 Å². The van der Waals surface area contributed by atoms with Crippen molar-refractivity contribution in [1.29, 1.82) is 0 Å². The molecule has 0 unspecified atom stereocenters. The SMILES string of the molecule is Cc1nc2cnc3cc(F)c(-c4ccc(Oc5nccn(C)c5=O)cc4Cl)cc3c2n1C1CCN(C(N)=O)CC1. The highest BCUT2D eigenvalue weighted by molar-refractivity contribution is 6.33. The Hall–Kier alpha value is -4.51. The lowest BCUT2D eigenvalue weighted by Gasteiger charge is -2.32. The van der Waals surface area contributed by atoms with Gasteiger partial charge in [-0.3, -0.25) is 9.78 Å². The number of ether oxygens (including phenoxy) is 1. The maximum absolute atomic E-state index is 15.5. The summed E-state index contributed by atoms with van der Waals surface area (Å²) in [6, 6.07) is 7.59. The maximum Gasteiger partial charge on any atom is 0.314 e. The molecule has 5 aromatic rings. The average Bonchev–Trinajstić information content (AvgIpc) is 3.27. The van der Waals surface area contributed by atoms with E-state index in [0.29, 0.717) is 41.0 Å². The van der Waals surface area contributed by atoms with E-state index in [1.807, 2.05) is 6.92 Å². The molecule has 0 radical (unpaired) electrons. The molecule has 1 saturated heterocycles. The number of primary amides is 1. The van der Waals surface area contributed by atoms with Gasteiger partial charge < -0.3 is 24.5 Å². The van der Waals surface area contributed by atoms with Crippen LogP contribution in [0, 0.1) is 12.7 Å². The Morgan fingerprint density at radius 2 is 1.90 bits per heavy atom. The number of hydrogen-bond acceptors (Lipinski definition) is 6. The average molecular weight is 562 g/mol. The summed E-state index contributed by atoms with van der Waals surface area (Å²) in [4.78, 5) is 38.7. The van der Waals surface area contributed by atoms with E-state index in [1.54, 1.807) is 36.3 Å². The number of piperidine rings is 1. The highest BCUT2D eigenvalue weighted by Crippen LogP contribution is 2.38. The van der Waals surface area contributed by atoms with E-state index in [9.17, 15) is 9.59 Å². The van der Waals surface area contributed by atoms with Crippen LogP contribution in [0.3, 0.4) is 0 Å². The number of aromatic nitrogens is 5. The smallest absolute Gasteiger partial charge is 0.314 e. The van der Waals surface area contributed by atoms with E-state index in [-0.39, 0.29) is 16.9 Å². The van der Waals surface area contributed by atoms with Crippen molar-refractivity contribution in [2.45, 2.75) is 25.8 Å². The van der Waals surface area contributed by atoms with Gasteiger partial charge in [-0.25, -0.2) is 19.2 Å². The Morgan fingerprint density at radius 1 is 1.12 bits per heavy atom. The van der Waals surface area contributed by atoms with Crippen molar-refractivity contribution in [1.82, 2.24) is 29.0 Å². The minimum Gasteiger partial charge on any atom is -0.435 e. The number of carbonyl (C=O) groups excluding carboxylic acids is 1. The van der Waals surface area contributed by atoms with Crippen molar-refractivity contribution in [2.75, 3.05) is 13.1 Å². The number of imidazole rings is 1. The van der Waals surface area contributed by atoms with Gasteiger partial charge in [0.1, 0.15) is 22.9 Å². The Kier molecular flexibility index (Phi) is 6.38. The van der Waals surface area contributed by atoms with Crippen molar-refractivity contribution in [2.24, 2.45) is 12.8 Å². The molecule has 6 rings (SSSR count). The highest BCUT2D eigenvalue weighted by Gasteiger charge is 2.26. The van der Waals surface area contributed by atoms with Gasteiger partial charge in [-0.2, -0.15) is 0 Å². The Bertz CT molecular complexity index is 1860. The van der Waals surface area contributed by atoms with E-state index in [1.165, 1.54) is 29.1 Å². The van der Waals surface area contributed by atoms with Gasteiger partial charge in [0, 0.05) is 67.2 Å². The quantitative estimate of drug-likeness (QED) is 0.331. The zero-order chi connectivity index (χ0) is 28.1. The number of nitrogens with zero attached hydrogens (tertiary/aromatic N) is 6. The molecule has 2 aromatic carbocycles. The minimum atomic E-state index is -0.480. The Balaban J connectivity index is 1.42. The molecule has 204 valence electrons. The Morgan fingerprint density at radius 3 is 2.62 bits per heavy atom. The van der Waals surface area contributed by atoms with Crippen LogP contribution in [-0.4, -0.2) is 48.1 Å². The van der Waals surface area contributed by atoms with Crippen LogP contribution >= 0.6 is 11.6 Å². The molecule has 1 aliphatic heterocycles. The summed E-state index contributed by atoms with van der Waals surface area (Å²) in [7, 11) is 1.60. The number of urea groups is 1. The number of hydrogen-bond donors (Lipinski definition) is 1. The van der Waals surface area contributed by atoms with Crippen LogP contribution in [0.1, 0.15) is 24.7 Å². The first kappa shape index (κ1) is 25.8. The predicted molar refractivity (Wildman–Crippen MR) is 149 cm³/mol. The van der Waals surface area contributed by atoms with E-state index < -0.39 is 17.4 Å². The predicted octanol–water partition coefficient (Wildman–Crippen LogP) is 4.95. The second kappa shape index (κ2) is 9.91. The second-order valence-electron chi connectivity index (χ2n) is 9.82. The summed E-state index contributed by atoms with van der Waals surface area (Å²) in [5.41, 5.74) is 7.87. The van der Waals surface area contributed by atoms with Crippen LogP contribution in [0.25, 0.3) is 33.1 Å². The molecule has 0 saturated carbocycles. The fourth-order valence-corrected chi connectivity index (χ4v) is 5.62. The summed E-state index contributed by atoms with van der Waals surface area (Å²) in [6.45, 7) is 3.04. The highest BCUT2D eigenvalue weighted by atomic mass is 35.5. The van der Waals surface area contributed by atoms with Crippen LogP contribution in [0.2, 0.25) is 5.02 Å². The van der Waals surface area contributed by atoms with Crippen LogP contribution < -0.4 is 16.0 Å². The number of aryl methyl sites for hydroxylation is 2. The molecular formula is C28H25ClFN7O3. The van der Waals surface area contributed by atoms with Gasteiger partial charge in [-0.1, -0.05) is 11.6 Å². The largest absolute Gasteiger partial charge is 0.435 e. The first-order valence-electron chi connectivity index (χ1n) is 12.7. The summed E-state index contributed by atoms with van der Waals surface area (Å²) in [5, 5.41) is 0.979. The van der Waals surface area contributed by atoms with Gasteiger partial charge in [0.15, 0.2) is 0 Å². The number of fused-ring (bicyclic) bond motifs is 3. The van der Waals surface area contributed by atoms with Crippen LogP contribution in [0.5, 0.6) is 11.6 Å². The molecule has 0 atom stereocenters. The van der Waals surface area contributed by atoms with Crippen LogP contribution in [0.4, 0.5) is 9.18 Å². The minimum absolute atomic E-state index is 0.0931. The Labute approximate surface area is 232 Å². The van der Waals surface area contributed by atoms with Crippen molar-refractivity contribution in [3.05, 3.63) is 75.9 Å². The molecule has 10 nitrogen and oxygen atoms in total. The molecule has 1 aliphatic rings. The lowest BCUT2D eigenvalue weighted by Crippen LogP contribution is -2.42. The number of pyridine rings is 1. The number of halogens is 2. The monoisotopic (exact) mass is 561 g/mol. The summed E-state index contributed by atoms with van der Waals surface area (Å²) in [5.74, 6) is 0.536. The third-order valence-corrected chi connectivity index (χ3v) is 7.67. The molecule has 1 fully saturated rings. The molecule has 3 aromatic heterocycles. The molecule has 0 aliphatic carbocycles. The zero-order valence-electron chi connectivity index (χ0n) is 21.8. The third kappa shape index (κ3) is 4.41. The number of rotatable bonds is 4. The van der Waals surface area contributed by atoms with Gasteiger partial charge in [0.25, 0.3) is 5.88 Å². The van der Waals surface area contributed by atoms with Crippen LogP contribution in [0.15, 0.2) is 53.7 Å². The van der Waals surface area contributed by atoms with Gasteiger partial charge in [0.2, 0.25) is 0 Å². The van der Waals surface area contributed by atoms with E-state index in [0.717, 1.165) is 29.6 Å². The van der Waals surface area contributed by atoms with Crippen LogP contribution in [-0.2, 0) is 7.05 Å². The van der Waals surface area contributed by atoms with Crippen molar-refractivity contribution < 1.29 is 13.9 Å². The molecule has 0 spiro atoms. The standard InChI is InChI=1S/C28H25ClFN7O3/c1-15-34-24-14-33-23-13-22(30)19(12-20(23)25(24)37(15)16-5-8-36(9-6-16)28(31)39)18-4-3-17(11-21(18)29)40-26-27(38)35(2)10-7-32-26/h3-4,7,10-14,16H,5-6,8-9H2,1-2H3,(H2,31,39). The molecule has 12 heteroatoms. The fraction of sp³-hybridized carbons (Fsp3) is 0.250. The molecular weight excluding hydrogens is 537 g/mol. The number of carbonyl (C=O) groups is 1. The first-order valence-corrected chi connectivity index (χ1v) is 13.1. The first-order chi connectivity index (χ1) is 19.2. The van der Waals surface area contributed by atoms with Crippen molar-refractivity contribution in [3.8, 4) is 22.8 Å². The fourth-order valence-electron chi connectivity index (χ4n) is 5.35. The maximum atomic E-state index is 15.5. The molecule has 40 heavy (non-hydrogen) atoms. The lowest BCUT2D eigenvalue weighted by atomic mass is 10.0. The number of amides is 2.